The number of alkyl halides is 6. The van der Waals surface area contributed by atoms with Gasteiger partial charge in [0, 0.05) is 10.9 Å². The molecule has 4 aromatic carbocycles. The first kappa shape index (κ1) is 38.9. The second-order valence-corrected chi connectivity index (χ2v) is 16.0. The first-order valence-corrected chi connectivity index (χ1v) is 19.0. The number of aromatic hydroxyl groups is 1. The van der Waals surface area contributed by atoms with Crippen molar-refractivity contribution >= 4 is 69.2 Å². The van der Waals surface area contributed by atoms with Crippen LogP contribution in [0.5, 0.6) is 11.5 Å². The fourth-order valence-electron chi connectivity index (χ4n) is 9.36. The summed E-state index contributed by atoms with van der Waals surface area (Å²) in [4.78, 5) is 60.4. The van der Waals surface area contributed by atoms with Gasteiger partial charge in [-0.1, -0.05) is 59.6 Å². The van der Waals surface area contributed by atoms with Crippen molar-refractivity contribution in [1.82, 2.24) is 0 Å². The summed E-state index contributed by atoms with van der Waals surface area (Å²) in [6, 6.07) is 18.4. The molecule has 294 valence electrons. The lowest BCUT2D eigenvalue weighted by molar-refractivity contribution is -0.143. The molecule has 3 fully saturated rings. The molecule has 6 atom stereocenters. The number of hydrogen-bond acceptors (Lipinski definition) is 6. The van der Waals surface area contributed by atoms with Crippen molar-refractivity contribution in [2.24, 2.45) is 23.7 Å². The molecule has 2 saturated heterocycles. The zero-order valence-electron chi connectivity index (χ0n) is 29.4. The Morgan fingerprint density at radius 2 is 1.46 bits per heavy atom. The Morgan fingerprint density at radius 1 is 0.789 bits per heavy atom. The van der Waals surface area contributed by atoms with Crippen LogP contribution in [0.3, 0.4) is 0 Å². The molecular weight excluding hydrogens is 893 g/mol. The summed E-state index contributed by atoms with van der Waals surface area (Å²) in [5.74, 6) is -9.20. The molecule has 4 aromatic rings. The minimum absolute atomic E-state index is 0.0415. The predicted molar refractivity (Wildman–Crippen MR) is 202 cm³/mol. The third-order valence-corrected chi connectivity index (χ3v) is 12.7. The second kappa shape index (κ2) is 13.6. The normalized spacial score (nSPS) is 26.0. The first-order valence-electron chi connectivity index (χ1n) is 17.5. The lowest BCUT2D eigenvalue weighted by atomic mass is 9.49. The average Bonchev–Trinajstić information content (AvgIpc) is 3.56. The van der Waals surface area contributed by atoms with Crippen molar-refractivity contribution < 1.29 is 55.4 Å². The summed E-state index contributed by atoms with van der Waals surface area (Å²) in [7, 11) is 1.33. The Hall–Kier alpha value is -4.90. The van der Waals surface area contributed by atoms with Crippen LogP contribution in [-0.4, -0.2) is 35.8 Å². The molecule has 1 N–H and O–H groups in total. The van der Waals surface area contributed by atoms with E-state index in [2.05, 4.69) is 0 Å². The molecule has 0 aromatic heterocycles. The maximum Gasteiger partial charge on any atom is 0.416 e. The third kappa shape index (κ3) is 5.93. The smallest absolute Gasteiger partial charge is 0.416 e. The van der Waals surface area contributed by atoms with Crippen LogP contribution in [-0.2, 0) is 36.9 Å². The van der Waals surface area contributed by atoms with Crippen molar-refractivity contribution in [3.05, 3.63) is 127 Å². The molecular formula is C41H28ClF6IN2O6. The summed E-state index contributed by atoms with van der Waals surface area (Å²) in [6.07, 6.45) is -9.14. The second-order valence-electron chi connectivity index (χ2n) is 14.4. The van der Waals surface area contributed by atoms with Gasteiger partial charge in [-0.2, -0.15) is 26.3 Å². The van der Waals surface area contributed by atoms with Gasteiger partial charge < -0.3 is 9.84 Å². The molecule has 8 rings (SSSR count). The molecule has 2 aliphatic carbocycles. The Bertz CT molecular complexity index is 2390. The average molecular weight is 921 g/mol. The standard InChI is InChI=1S/C41H28ClF6IN2O6/c1-57-31-13-19(12-30(49)34(31)52)33-26-10-11-27-32(37(55)50(35(27)53)25-15-21(40(43,44)45)14-22(16-25)41(46,47)48)28(26)18-29-36(54)51(24-9-5-8-23(42)17-24)38(56)39(29,33)20-6-3-2-4-7-20/h2-10,12-17,27-29,32-33,52H,11,18H2,1H3. The maximum atomic E-state index is 15.4. The zero-order valence-corrected chi connectivity index (χ0v) is 32.3. The highest BCUT2D eigenvalue weighted by Crippen LogP contribution is 2.65. The minimum Gasteiger partial charge on any atom is -0.504 e. The van der Waals surface area contributed by atoms with Gasteiger partial charge in [0.05, 0.1) is 56.4 Å². The number of allylic oxidation sites excluding steroid dienone is 2. The Labute approximate surface area is 339 Å². The Morgan fingerprint density at radius 3 is 2.07 bits per heavy atom. The maximum absolute atomic E-state index is 15.4. The number of nitrogens with zero attached hydrogens (tertiary/aromatic N) is 2. The predicted octanol–water partition coefficient (Wildman–Crippen LogP) is 9.06. The number of imide groups is 2. The van der Waals surface area contributed by atoms with E-state index in [1.165, 1.54) is 19.2 Å². The van der Waals surface area contributed by atoms with Crippen molar-refractivity contribution in [1.29, 1.82) is 0 Å². The fourth-order valence-corrected chi connectivity index (χ4v) is 10.2. The van der Waals surface area contributed by atoms with Crippen LogP contribution >= 0.6 is 34.2 Å². The van der Waals surface area contributed by atoms with E-state index in [-0.39, 0.29) is 41.1 Å². The molecule has 2 heterocycles. The van der Waals surface area contributed by atoms with Crippen LogP contribution in [0.25, 0.3) is 0 Å². The molecule has 57 heavy (non-hydrogen) atoms. The number of benzene rings is 4. The molecule has 8 nitrogen and oxygen atoms in total. The van der Waals surface area contributed by atoms with Crippen molar-refractivity contribution in [3.8, 4) is 11.5 Å². The number of anilines is 2. The summed E-state index contributed by atoms with van der Waals surface area (Å²) < 4.78 is 89.4. The molecule has 4 aliphatic rings. The zero-order chi connectivity index (χ0) is 40.9. The number of amides is 4. The monoisotopic (exact) mass is 920 g/mol. The number of phenols is 1. The molecule has 4 amide bonds. The number of rotatable bonds is 5. The van der Waals surface area contributed by atoms with E-state index in [4.69, 9.17) is 16.3 Å². The molecule has 0 bridgehead atoms. The van der Waals surface area contributed by atoms with Gasteiger partial charge in [-0.25, -0.2) is 9.80 Å². The number of hydrogen-bond donors (Lipinski definition) is 1. The Balaban J connectivity index is 1.35. The lowest BCUT2D eigenvalue weighted by Crippen LogP contribution is -2.53. The van der Waals surface area contributed by atoms with Gasteiger partial charge in [0.2, 0.25) is 23.6 Å². The van der Waals surface area contributed by atoms with Crippen LogP contribution < -0.4 is 14.5 Å². The number of carbonyl (C=O) groups excluding carboxylic acids is 4. The van der Waals surface area contributed by atoms with Crippen LogP contribution in [0, 0.1) is 27.2 Å². The van der Waals surface area contributed by atoms with E-state index < -0.39 is 87.8 Å². The lowest BCUT2D eigenvalue weighted by Gasteiger charge is -2.50. The van der Waals surface area contributed by atoms with E-state index >= 15 is 4.79 Å². The summed E-state index contributed by atoms with van der Waals surface area (Å²) in [5.41, 5.74) is -4.47. The molecule has 0 spiro atoms. The van der Waals surface area contributed by atoms with Crippen molar-refractivity contribution in [2.45, 2.75) is 36.5 Å². The van der Waals surface area contributed by atoms with E-state index in [0.29, 0.717) is 37.3 Å². The molecule has 16 heteroatoms. The summed E-state index contributed by atoms with van der Waals surface area (Å²) in [6.45, 7) is 0. The van der Waals surface area contributed by atoms with E-state index in [9.17, 15) is 45.8 Å². The number of methoxy groups -OCH3 is 1. The number of halogens is 8. The number of fused-ring (bicyclic) bond motifs is 4. The van der Waals surface area contributed by atoms with E-state index in [1.54, 1.807) is 60.7 Å². The number of phenolic OH excluding ortho intramolecular Hbond substituents is 1. The first-order chi connectivity index (χ1) is 26.9. The number of carbonyl (C=O) groups is 4. The minimum atomic E-state index is -5.24. The number of ether oxygens (including phenoxy) is 1. The van der Waals surface area contributed by atoms with Crippen LogP contribution in [0.1, 0.15) is 41.0 Å². The van der Waals surface area contributed by atoms with Gasteiger partial charge in [0.25, 0.3) is 0 Å². The van der Waals surface area contributed by atoms with Crippen LogP contribution in [0.2, 0.25) is 5.02 Å². The van der Waals surface area contributed by atoms with Crippen LogP contribution in [0.4, 0.5) is 37.7 Å². The highest BCUT2D eigenvalue weighted by Gasteiger charge is 2.70. The largest absolute Gasteiger partial charge is 0.504 e. The fraction of sp³-hybridized carbons (Fsp3) is 0.268. The highest BCUT2D eigenvalue weighted by atomic mass is 127. The van der Waals surface area contributed by atoms with Gasteiger partial charge in [0.1, 0.15) is 0 Å². The van der Waals surface area contributed by atoms with Gasteiger partial charge in [-0.15, -0.1) is 0 Å². The van der Waals surface area contributed by atoms with E-state index in [0.717, 1.165) is 4.90 Å². The summed E-state index contributed by atoms with van der Waals surface area (Å²) in [5, 5.41) is 11.1. The molecule has 0 radical (unpaired) electrons. The van der Waals surface area contributed by atoms with Gasteiger partial charge in [-0.05, 0) is 101 Å². The highest BCUT2D eigenvalue weighted by molar-refractivity contribution is 14.1. The van der Waals surface area contributed by atoms with Gasteiger partial charge in [0.15, 0.2) is 11.5 Å². The SMILES string of the molecule is COc1cc(C2C3=CCC4C(=O)N(c5cc(C(F)(F)F)cc(C(F)(F)F)c5)C(=O)C4C3CC3C(=O)N(c4cccc(Cl)c4)C(=O)C32c2ccccc2)cc(I)c1O. The third-order valence-electron chi connectivity index (χ3n) is 11.6. The molecule has 1 saturated carbocycles. The van der Waals surface area contributed by atoms with Gasteiger partial charge >= 0.3 is 12.4 Å². The quantitative estimate of drug-likeness (QED) is 0.0928. The molecule has 6 unspecified atom stereocenters. The molecule has 2 aliphatic heterocycles. The summed E-state index contributed by atoms with van der Waals surface area (Å²) >= 11 is 8.23. The van der Waals surface area contributed by atoms with Crippen molar-refractivity contribution in [2.75, 3.05) is 16.9 Å². The Kier molecular flexibility index (Phi) is 9.30. The topological polar surface area (TPSA) is 104 Å². The van der Waals surface area contributed by atoms with Crippen LogP contribution in [0.15, 0.2) is 96.6 Å². The van der Waals surface area contributed by atoms with E-state index in [1.807, 2.05) is 22.6 Å². The van der Waals surface area contributed by atoms with Crippen molar-refractivity contribution in [3.63, 3.8) is 0 Å². The van der Waals surface area contributed by atoms with Gasteiger partial charge in [-0.3, -0.25) is 19.2 Å².